The second-order valence-electron chi connectivity index (χ2n) is 5.65. The lowest BCUT2D eigenvalue weighted by Crippen LogP contribution is -2.49. The van der Waals surface area contributed by atoms with Crippen LogP contribution in [0.3, 0.4) is 0 Å². The highest BCUT2D eigenvalue weighted by atomic mass is 16.5. The average molecular weight is 332 g/mol. The van der Waals surface area contributed by atoms with Crippen LogP contribution in [0.25, 0.3) is 5.57 Å². The van der Waals surface area contributed by atoms with Crippen molar-refractivity contribution in [2.75, 3.05) is 21.3 Å². The normalized spacial score (nSPS) is 18.3. The van der Waals surface area contributed by atoms with Crippen LogP contribution in [-0.2, 0) is 28.6 Å². The van der Waals surface area contributed by atoms with E-state index in [0.29, 0.717) is 11.1 Å². The fourth-order valence-corrected chi connectivity index (χ4v) is 3.35. The van der Waals surface area contributed by atoms with Crippen LogP contribution < -0.4 is 0 Å². The van der Waals surface area contributed by atoms with Crippen molar-refractivity contribution in [1.29, 1.82) is 0 Å². The minimum atomic E-state index is -1.66. The molecule has 0 fully saturated rings. The molecule has 0 spiro atoms. The summed E-state index contributed by atoms with van der Waals surface area (Å²) in [6, 6.07) is 7.23. The van der Waals surface area contributed by atoms with Crippen LogP contribution in [0.1, 0.15) is 29.9 Å². The fourth-order valence-electron chi connectivity index (χ4n) is 3.35. The number of benzene rings is 1. The molecule has 1 atom stereocenters. The summed E-state index contributed by atoms with van der Waals surface area (Å²) in [4.78, 5) is 37.1. The van der Waals surface area contributed by atoms with Crippen LogP contribution in [0.5, 0.6) is 0 Å². The van der Waals surface area contributed by atoms with Gasteiger partial charge in [-0.25, -0.2) is 0 Å². The molecule has 0 amide bonds. The fraction of sp³-hybridized carbons (Fsp3) is 0.389. The van der Waals surface area contributed by atoms with E-state index in [0.717, 1.165) is 5.56 Å². The number of carbonyl (C=O) groups is 3. The molecule has 1 aliphatic rings. The van der Waals surface area contributed by atoms with Crippen molar-refractivity contribution in [2.45, 2.75) is 18.8 Å². The Morgan fingerprint density at radius 1 is 1.08 bits per heavy atom. The van der Waals surface area contributed by atoms with Crippen LogP contribution in [0.2, 0.25) is 0 Å². The average Bonchev–Trinajstić information content (AvgIpc) is 2.62. The number of allylic oxidation sites excluding steroid dienone is 1. The zero-order chi connectivity index (χ0) is 17.9. The van der Waals surface area contributed by atoms with Gasteiger partial charge in [-0.1, -0.05) is 30.8 Å². The zero-order valence-corrected chi connectivity index (χ0v) is 14.0. The largest absolute Gasteiger partial charge is 0.469 e. The lowest BCUT2D eigenvalue weighted by Gasteiger charge is -2.40. The minimum Gasteiger partial charge on any atom is -0.469 e. The molecule has 0 N–H and O–H groups in total. The van der Waals surface area contributed by atoms with Gasteiger partial charge in [0.05, 0.1) is 27.8 Å². The van der Waals surface area contributed by atoms with Gasteiger partial charge in [0.15, 0.2) is 5.41 Å². The third-order valence-corrected chi connectivity index (χ3v) is 4.50. The van der Waals surface area contributed by atoms with Gasteiger partial charge >= 0.3 is 17.9 Å². The Bertz CT molecular complexity index is 675. The third kappa shape index (κ3) is 2.68. The van der Waals surface area contributed by atoms with Crippen LogP contribution >= 0.6 is 0 Å². The van der Waals surface area contributed by atoms with Gasteiger partial charge in [-0.15, -0.1) is 0 Å². The smallest absolute Gasteiger partial charge is 0.324 e. The maximum Gasteiger partial charge on any atom is 0.324 e. The Balaban J connectivity index is 2.71. The predicted octanol–water partition coefficient (Wildman–Crippen LogP) is 2.08. The van der Waals surface area contributed by atoms with Gasteiger partial charge in [0.1, 0.15) is 0 Å². The number of ether oxygens (including phenoxy) is 3. The molecule has 6 nitrogen and oxygen atoms in total. The molecule has 0 aromatic heterocycles. The van der Waals surface area contributed by atoms with Crippen molar-refractivity contribution in [3.8, 4) is 0 Å². The lowest BCUT2D eigenvalue weighted by molar-refractivity contribution is -0.171. The molecule has 1 unspecified atom stereocenters. The van der Waals surface area contributed by atoms with Crippen molar-refractivity contribution in [3.05, 3.63) is 42.0 Å². The number of fused-ring (bicyclic) bond motifs is 1. The molecule has 2 rings (SSSR count). The van der Waals surface area contributed by atoms with E-state index in [1.54, 1.807) is 12.1 Å². The first-order chi connectivity index (χ1) is 11.4. The van der Waals surface area contributed by atoms with E-state index in [1.807, 2.05) is 12.1 Å². The molecule has 0 heterocycles. The molecule has 0 saturated carbocycles. The van der Waals surface area contributed by atoms with Crippen molar-refractivity contribution >= 4 is 23.5 Å². The monoisotopic (exact) mass is 332 g/mol. The van der Waals surface area contributed by atoms with Gasteiger partial charge in [-0.05, 0) is 23.1 Å². The first-order valence-corrected chi connectivity index (χ1v) is 7.43. The number of hydrogen-bond acceptors (Lipinski definition) is 6. The van der Waals surface area contributed by atoms with Gasteiger partial charge in [0.2, 0.25) is 0 Å². The van der Waals surface area contributed by atoms with E-state index in [9.17, 15) is 14.4 Å². The van der Waals surface area contributed by atoms with Crippen molar-refractivity contribution in [1.82, 2.24) is 0 Å². The maximum atomic E-state index is 12.6. The number of hydrogen-bond donors (Lipinski definition) is 0. The van der Waals surface area contributed by atoms with Crippen LogP contribution in [0, 0.1) is 5.41 Å². The molecule has 1 aliphatic carbocycles. The molecular weight excluding hydrogens is 312 g/mol. The molecule has 6 heteroatoms. The van der Waals surface area contributed by atoms with Gasteiger partial charge in [0.25, 0.3) is 0 Å². The molecule has 1 aromatic rings. The number of methoxy groups -OCH3 is 3. The van der Waals surface area contributed by atoms with E-state index < -0.39 is 29.2 Å². The summed E-state index contributed by atoms with van der Waals surface area (Å²) in [5.41, 5.74) is 0.440. The molecule has 0 radical (unpaired) electrons. The Kier molecular flexibility index (Phi) is 5.07. The Morgan fingerprint density at radius 3 is 2.21 bits per heavy atom. The van der Waals surface area contributed by atoms with E-state index >= 15 is 0 Å². The third-order valence-electron chi connectivity index (χ3n) is 4.50. The summed E-state index contributed by atoms with van der Waals surface area (Å²) >= 11 is 0. The highest BCUT2D eigenvalue weighted by Gasteiger charge is 2.58. The maximum absolute atomic E-state index is 12.6. The number of esters is 3. The van der Waals surface area contributed by atoms with E-state index in [-0.39, 0.29) is 12.8 Å². The second kappa shape index (κ2) is 6.86. The summed E-state index contributed by atoms with van der Waals surface area (Å²) in [5, 5.41) is 0. The lowest BCUT2D eigenvalue weighted by atomic mass is 9.61. The second-order valence-corrected chi connectivity index (χ2v) is 5.65. The molecule has 1 aromatic carbocycles. The summed E-state index contributed by atoms with van der Waals surface area (Å²) < 4.78 is 14.5. The topological polar surface area (TPSA) is 78.9 Å². The van der Waals surface area contributed by atoms with E-state index in [1.165, 1.54) is 21.3 Å². The quantitative estimate of drug-likeness (QED) is 0.477. The minimum absolute atomic E-state index is 0.0189. The molecule has 0 aliphatic heterocycles. The highest BCUT2D eigenvalue weighted by molar-refractivity contribution is 6.04. The molecule has 0 saturated heterocycles. The molecular formula is C18H20O6. The highest BCUT2D eigenvalue weighted by Crippen LogP contribution is 2.52. The van der Waals surface area contributed by atoms with Crippen LogP contribution in [-0.4, -0.2) is 39.2 Å². The van der Waals surface area contributed by atoms with E-state index in [2.05, 4.69) is 6.58 Å². The zero-order valence-electron chi connectivity index (χ0n) is 14.0. The van der Waals surface area contributed by atoms with Gasteiger partial charge in [-0.2, -0.15) is 0 Å². The Labute approximate surface area is 140 Å². The molecule has 128 valence electrons. The van der Waals surface area contributed by atoms with Crippen LogP contribution in [0.15, 0.2) is 30.8 Å². The van der Waals surface area contributed by atoms with Crippen molar-refractivity contribution in [3.63, 3.8) is 0 Å². The summed E-state index contributed by atoms with van der Waals surface area (Å²) in [7, 11) is 3.66. The van der Waals surface area contributed by atoms with Gasteiger partial charge < -0.3 is 14.2 Å². The number of rotatable bonds is 4. The summed E-state index contributed by atoms with van der Waals surface area (Å²) in [6.07, 6.45) is -0.129. The van der Waals surface area contributed by atoms with Gasteiger partial charge in [0, 0.05) is 5.92 Å². The Morgan fingerprint density at radius 2 is 1.67 bits per heavy atom. The van der Waals surface area contributed by atoms with Crippen molar-refractivity contribution in [2.24, 2.45) is 5.41 Å². The molecule has 24 heavy (non-hydrogen) atoms. The van der Waals surface area contributed by atoms with Crippen LogP contribution in [0.4, 0.5) is 0 Å². The first-order valence-electron chi connectivity index (χ1n) is 7.43. The molecule has 0 bridgehead atoms. The number of carbonyl (C=O) groups excluding carboxylic acids is 3. The standard InChI is InChI=1S/C18H20O6/c1-11-10-18(16(20)23-3,17(21)24-4)14(9-15(19)22-2)13-8-6-5-7-12(11)13/h5-8,14H,1,9-10H2,2-4H3. The SMILES string of the molecule is C=C1CC(C(=O)OC)(C(=O)OC)C(CC(=O)OC)c2ccccc21. The Hall–Kier alpha value is -2.63. The summed E-state index contributed by atoms with van der Waals surface area (Å²) in [5.74, 6) is -2.79. The van der Waals surface area contributed by atoms with Crippen molar-refractivity contribution < 1.29 is 28.6 Å². The first kappa shape index (κ1) is 17.7. The van der Waals surface area contributed by atoms with Gasteiger partial charge in [-0.3, -0.25) is 14.4 Å². The summed E-state index contributed by atoms with van der Waals surface area (Å²) in [6.45, 7) is 3.99. The van der Waals surface area contributed by atoms with E-state index in [4.69, 9.17) is 14.2 Å². The predicted molar refractivity (Wildman–Crippen MR) is 85.9 cm³/mol.